The molecule has 1 aliphatic heterocycles. The molecule has 2 aliphatic rings. The molecule has 0 N–H and O–H groups in total. The van der Waals surface area contributed by atoms with Crippen molar-refractivity contribution >= 4 is 22.9 Å². The molecule has 4 rings (SSSR count). The first-order valence-corrected chi connectivity index (χ1v) is 9.83. The first kappa shape index (κ1) is 17.2. The molecule has 0 bridgehead atoms. The largest absolute Gasteiger partial charge is 0.351 e. The number of fused-ring (bicyclic) bond motifs is 1. The maximum Gasteiger partial charge on any atom is 0.222 e. The molecule has 0 atom stereocenters. The van der Waals surface area contributed by atoms with Crippen molar-refractivity contribution in [3.63, 3.8) is 0 Å². The van der Waals surface area contributed by atoms with Crippen LogP contribution in [0.15, 0.2) is 6.33 Å². The third-order valence-electron chi connectivity index (χ3n) is 5.70. The van der Waals surface area contributed by atoms with Crippen LogP contribution in [0.25, 0.3) is 11.2 Å². The molecule has 2 fully saturated rings. The Balaban J connectivity index is 1.39. The van der Waals surface area contributed by atoms with Crippen molar-refractivity contribution in [3.8, 4) is 0 Å². The van der Waals surface area contributed by atoms with E-state index in [-0.39, 0.29) is 0 Å². The SMILES string of the molecule is CCn1nnc2c(N3CCN(C(=O)CC4CCCCC4)CC3)ncnc21. The predicted molar refractivity (Wildman–Crippen MR) is 98.8 cm³/mol. The number of carbonyl (C=O) groups is 1. The Kier molecular flexibility index (Phi) is 4.99. The second-order valence-corrected chi connectivity index (χ2v) is 7.35. The Hall–Kier alpha value is -2.25. The molecule has 3 heterocycles. The first-order chi connectivity index (χ1) is 12.8. The average Bonchev–Trinajstić information content (AvgIpc) is 3.12. The highest BCUT2D eigenvalue weighted by molar-refractivity contribution is 5.83. The van der Waals surface area contributed by atoms with Gasteiger partial charge in [-0.2, -0.15) is 0 Å². The number of amides is 1. The molecular weight excluding hydrogens is 330 g/mol. The van der Waals surface area contributed by atoms with Crippen LogP contribution in [-0.2, 0) is 11.3 Å². The normalized spacial score (nSPS) is 19.3. The van der Waals surface area contributed by atoms with Crippen LogP contribution in [0.1, 0.15) is 45.4 Å². The van der Waals surface area contributed by atoms with Crippen LogP contribution in [0.2, 0.25) is 0 Å². The minimum Gasteiger partial charge on any atom is -0.351 e. The highest BCUT2D eigenvalue weighted by Crippen LogP contribution is 2.27. The van der Waals surface area contributed by atoms with E-state index >= 15 is 0 Å². The molecule has 0 spiro atoms. The molecule has 1 aliphatic carbocycles. The maximum absolute atomic E-state index is 12.6. The minimum absolute atomic E-state index is 0.321. The second kappa shape index (κ2) is 7.55. The second-order valence-electron chi connectivity index (χ2n) is 7.35. The van der Waals surface area contributed by atoms with E-state index in [2.05, 4.69) is 25.2 Å². The summed E-state index contributed by atoms with van der Waals surface area (Å²) in [5.74, 6) is 1.75. The molecule has 2 aromatic rings. The predicted octanol–water partition coefficient (Wildman–Crippen LogP) is 1.86. The highest BCUT2D eigenvalue weighted by atomic mass is 16.2. The first-order valence-electron chi connectivity index (χ1n) is 9.83. The summed E-state index contributed by atoms with van der Waals surface area (Å²) in [7, 11) is 0. The molecule has 0 aromatic carbocycles. The zero-order chi connectivity index (χ0) is 17.9. The molecule has 1 amide bonds. The van der Waals surface area contributed by atoms with Crippen molar-refractivity contribution in [1.29, 1.82) is 0 Å². The summed E-state index contributed by atoms with van der Waals surface area (Å²) in [6.45, 7) is 5.81. The van der Waals surface area contributed by atoms with Crippen LogP contribution in [0.3, 0.4) is 0 Å². The number of aryl methyl sites for hydroxylation is 1. The van der Waals surface area contributed by atoms with Crippen LogP contribution >= 0.6 is 0 Å². The van der Waals surface area contributed by atoms with Crippen molar-refractivity contribution in [3.05, 3.63) is 6.33 Å². The Morgan fingerprint density at radius 1 is 1.12 bits per heavy atom. The Bertz CT molecular complexity index is 760. The van der Waals surface area contributed by atoms with E-state index in [0.29, 0.717) is 11.8 Å². The monoisotopic (exact) mass is 357 g/mol. The quantitative estimate of drug-likeness (QED) is 0.831. The van der Waals surface area contributed by atoms with Gasteiger partial charge in [0, 0.05) is 39.1 Å². The summed E-state index contributed by atoms with van der Waals surface area (Å²) in [6.07, 6.45) is 8.65. The van der Waals surface area contributed by atoms with Gasteiger partial charge in [-0.3, -0.25) is 4.79 Å². The van der Waals surface area contributed by atoms with Crippen LogP contribution < -0.4 is 4.90 Å². The fourth-order valence-electron chi connectivity index (χ4n) is 4.16. The molecule has 1 saturated carbocycles. The van der Waals surface area contributed by atoms with Gasteiger partial charge in [0.15, 0.2) is 17.0 Å². The van der Waals surface area contributed by atoms with Crippen molar-refractivity contribution in [2.24, 2.45) is 5.92 Å². The molecule has 1 saturated heterocycles. The maximum atomic E-state index is 12.6. The third-order valence-corrected chi connectivity index (χ3v) is 5.70. The van der Waals surface area contributed by atoms with Crippen molar-refractivity contribution in [2.75, 3.05) is 31.1 Å². The number of carbonyl (C=O) groups excluding carboxylic acids is 1. The number of anilines is 1. The fourth-order valence-corrected chi connectivity index (χ4v) is 4.16. The smallest absolute Gasteiger partial charge is 0.222 e. The third kappa shape index (κ3) is 3.37. The van der Waals surface area contributed by atoms with Gasteiger partial charge >= 0.3 is 0 Å². The van der Waals surface area contributed by atoms with E-state index < -0.39 is 0 Å². The number of aromatic nitrogens is 5. The van der Waals surface area contributed by atoms with Gasteiger partial charge in [0.25, 0.3) is 0 Å². The molecule has 26 heavy (non-hydrogen) atoms. The van der Waals surface area contributed by atoms with Crippen LogP contribution in [0, 0.1) is 5.92 Å². The number of nitrogens with zero attached hydrogens (tertiary/aromatic N) is 7. The lowest BCUT2D eigenvalue weighted by atomic mass is 9.86. The zero-order valence-electron chi connectivity index (χ0n) is 15.5. The standard InChI is InChI=1S/C18H27N7O/c1-2-25-18-16(21-22-25)17(19-13-20-18)24-10-8-23(9-11-24)15(26)12-14-6-4-3-5-7-14/h13-14H,2-12H2,1H3. The topological polar surface area (TPSA) is 80.0 Å². The van der Waals surface area contributed by atoms with Crippen molar-refractivity contribution in [1.82, 2.24) is 29.9 Å². The van der Waals surface area contributed by atoms with Crippen molar-refractivity contribution < 1.29 is 4.79 Å². The lowest BCUT2D eigenvalue weighted by Crippen LogP contribution is -2.49. The van der Waals surface area contributed by atoms with Crippen LogP contribution in [0.5, 0.6) is 0 Å². The summed E-state index contributed by atoms with van der Waals surface area (Å²) in [4.78, 5) is 25.6. The molecule has 0 radical (unpaired) electrons. The molecule has 2 aromatic heterocycles. The summed E-state index contributed by atoms with van der Waals surface area (Å²) < 4.78 is 1.78. The van der Waals surface area contributed by atoms with Gasteiger partial charge in [-0.05, 0) is 25.7 Å². The average molecular weight is 357 g/mol. The zero-order valence-corrected chi connectivity index (χ0v) is 15.5. The van der Waals surface area contributed by atoms with Gasteiger partial charge in [0.05, 0.1) is 0 Å². The van der Waals surface area contributed by atoms with Crippen molar-refractivity contribution in [2.45, 2.75) is 52.0 Å². The van der Waals surface area contributed by atoms with E-state index in [1.165, 1.54) is 32.1 Å². The summed E-state index contributed by atoms with van der Waals surface area (Å²) in [6, 6.07) is 0. The van der Waals surface area contributed by atoms with Gasteiger partial charge < -0.3 is 9.80 Å². The van der Waals surface area contributed by atoms with E-state index in [4.69, 9.17) is 0 Å². The number of hydrogen-bond acceptors (Lipinski definition) is 6. The van der Waals surface area contributed by atoms with Gasteiger partial charge in [0.2, 0.25) is 5.91 Å². The summed E-state index contributed by atoms with van der Waals surface area (Å²) >= 11 is 0. The number of piperazine rings is 1. The number of rotatable bonds is 4. The molecule has 140 valence electrons. The van der Waals surface area contributed by atoms with Gasteiger partial charge in [-0.15, -0.1) is 5.10 Å². The van der Waals surface area contributed by atoms with E-state index in [9.17, 15) is 4.79 Å². The van der Waals surface area contributed by atoms with Gasteiger partial charge in [0.1, 0.15) is 6.33 Å². The van der Waals surface area contributed by atoms with Crippen LogP contribution in [0.4, 0.5) is 5.82 Å². The fraction of sp³-hybridized carbons (Fsp3) is 0.722. The van der Waals surface area contributed by atoms with Gasteiger partial charge in [-0.25, -0.2) is 14.6 Å². The molecule has 0 unspecified atom stereocenters. The Labute approximate surface area is 153 Å². The molecule has 8 nitrogen and oxygen atoms in total. The minimum atomic E-state index is 0.321. The number of hydrogen-bond donors (Lipinski definition) is 0. The van der Waals surface area contributed by atoms with Gasteiger partial charge in [-0.1, -0.05) is 24.5 Å². The molecular formula is C18H27N7O. The summed E-state index contributed by atoms with van der Waals surface area (Å²) in [5, 5.41) is 8.41. The highest BCUT2D eigenvalue weighted by Gasteiger charge is 2.26. The lowest BCUT2D eigenvalue weighted by molar-refractivity contribution is -0.132. The van der Waals surface area contributed by atoms with E-state index in [1.54, 1.807) is 11.0 Å². The van der Waals surface area contributed by atoms with E-state index in [1.807, 2.05) is 11.8 Å². The summed E-state index contributed by atoms with van der Waals surface area (Å²) in [5.41, 5.74) is 1.52. The lowest BCUT2D eigenvalue weighted by Gasteiger charge is -2.36. The Morgan fingerprint density at radius 3 is 2.62 bits per heavy atom. The molecule has 8 heteroatoms. The Morgan fingerprint density at radius 2 is 1.88 bits per heavy atom. The van der Waals surface area contributed by atoms with E-state index in [0.717, 1.165) is 56.1 Å². The van der Waals surface area contributed by atoms with Crippen LogP contribution in [-0.4, -0.2) is 61.9 Å².